The number of nitro groups is 1. The fourth-order valence-corrected chi connectivity index (χ4v) is 3.44. The molecule has 2 aromatic rings. The third-order valence-electron chi connectivity index (χ3n) is 4.80. The highest BCUT2D eigenvalue weighted by atomic mass is 16.6. The molecule has 1 fully saturated rings. The van der Waals surface area contributed by atoms with E-state index in [2.05, 4.69) is 42.3 Å². The Bertz CT molecular complexity index is 768. The first-order valence-corrected chi connectivity index (χ1v) is 8.88. The fraction of sp³-hybridized carbons (Fsp3) is 0.400. The van der Waals surface area contributed by atoms with Crippen LogP contribution in [0.4, 0.5) is 17.1 Å². The van der Waals surface area contributed by atoms with Gasteiger partial charge in [0.15, 0.2) is 0 Å². The maximum absolute atomic E-state index is 11.5. The summed E-state index contributed by atoms with van der Waals surface area (Å²) in [5, 5.41) is 14.9. The Kier molecular flexibility index (Phi) is 5.22. The second-order valence-electron chi connectivity index (χ2n) is 6.80. The first-order valence-electron chi connectivity index (χ1n) is 8.88. The van der Waals surface area contributed by atoms with Gasteiger partial charge in [0.25, 0.3) is 5.69 Å². The zero-order chi connectivity index (χ0) is 17.8. The van der Waals surface area contributed by atoms with Crippen molar-refractivity contribution in [2.45, 2.75) is 39.7 Å². The van der Waals surface area contributed by atoms with Crippen LogP contribution in [0, 0.1) is 24.0 Å². The first kappa shape index (κ1) is 17.3. The quantitative estimate of drug-likeness (QED) is 0.627. The van der Waals surface area contributed by atoms with Crippen LogP contribution >= 0.6 is 0 Å². The minimum absolute atomic E-state index is 0.210. The Hall–Kier alpha value is -2.56. The van der Waals surface area contributed by atoms with Crippen molar-refractivity contribution in [2.24, 2.45) is 0 Å². The summed E-state index contributed by atoms with van der Waals surface area (Å²) < 4.78 is 0. The highest BCUT2D eigenvalue weighted by Gasteiger charge is 2.21. The summed E-state index contributed by atoms with van der Waals surface area (Å²) >= 11 is 0. The molecule has 5 heteroatoms. The van der Waals surface area contributed by atoms with Gasteiger partial charge in [-0.15, -0.1) is 0 Å². The van der Waals surface area contributed by atoms with Crippen LogP contribution < -0.4 is 10.2 Å². The average molecular weight is 339 g/mol. The largest absolute Gasteiger partial charge is 0.381 e. The van der Waals surface area contributed by atoms with Gasteiger partial charge in [-0.05, 0) is 56.4 Å². The van der Waals surface area contributed by atoms with Crippen LogP contribution in [-0.4, -0.2) is 18.0 Å². The van der Waals surface area contributed by atoms with E-state index in [0.29, 0.717) is 6.54 Å². The van der Waals surface area contributed by atoms with Gasteiger partial charge in [-0.25, -0.2) is 0 Å². The minimum atomic E-state index is -0.259. The molecule has 0 radical (unpaired) electrons. The van der Waals surface area contributed by atoms with Gasteiger partial charge in [-0.2, -0.15) is 0 Å². The monoisotopic (exact) mass is 339 g/mol. The standard InChI is InChI=1S/C20H25N3O2/c1-15-6-8-18(16(2)12-15)21-14-17-7-9-19(20(13-17)23(24)25)22-10-4-3-5-11-22/h6-9,12-13,21H,3-5,10-11,14H2,1-2H3. The van der Waals surface area contributed by atoms with Crippen LogP contribution in [0.5, 0.6) is 0 Å². The molecule has 1 aliphatic rings. The summed E-state index contributed by atoms with van der Waals surface area (Å²) in [6, 6.07) is 11.9. The Morgan fingerprint density at radius 3 is 2.52 bits per heavy atom. The molecule has 0 amide bonds. The highest BCUT2D eigenvalue weighted by Crippen LogP contribution is 2.31. The van der Waals surface area contributed by atoms with E-state index in [9.17, 15) is 10.1 Å². The van der Waals surface area contributed by atoms with Crippen molar-refractivity contribution in [3.05, 3.63) is 63.2 Å². The Morgan fingerprint density at radius 1 is 1.08 bits per heavy atom. The van der Waals surface area contributed by atoms with Gasteiger partial charge in [0, 0.05) is 31.4 Å². The normalized spacial score (nSPS) is 14.4. The van der Waals surface area contributed by atoms with E-state index in [1.807, 2.05) is 12.1 Å². The van der Waals surface area contributed by atoms with Crippen molar-refractivity contribution in [2.75, 3.05) is 23.3 Å². The van der Waals surface area contributed by atoms with E-state index in [-0.39, 0.29) is 10.6 Å². The maximum Gasteiger partial charge on any atom is 0.292 e. The molecule has 3 rings (SSSR count). The predicted molar refractivity (Wildman–Crippen MR) is 102 cm³/mol. The van der Waals surface area contributed by atoms with Gasteiger partial charge < -0.3 is 10.2 Å². The van der Waals surface area contributed by atoms with Crippen LogP contribution in [0.25, 0.3) is 0 Å². The number of piperidine rings is 1. The summed E-state index contributed by atoms with van der Waals surface area (Å²) in [6.07, 6.45) is 3.42. The molecule has 0 atom stereocenters. The molecule has 1 N–H and O–H groups in total. The van der Waals surface area contributed by atoms with E-state index in [1.165, 1.54) is 17.5 Å². The molecule has 132 valence electrons. The molecule has 0 unspecified atom stereocenters. The van der Waals surface area contributed by atoms with Crippen molar-refractivity contribution in [1.82, 2.24) is 0 Å². The van der Waals surface area contributed by atoms with Crippen LogP contribution in [0.2, 0.25) is 0 Å². The molecular weight excluding hydrogens is 314 g/mol. The summed E-state index contributed by atoms with van der Waals surface area (Å²) in [5.41, 5.74) is 5.35. The predicted octanol–water partition coefficient (Wildman–Crippen LogP) is 4.81. The first-order chi connectivity index (χ1) is 12.0. The lowest BCUT2D eigenvalue weighted by atomic mass is 10.1. The van der Waals surface area contributed by atoms with Gasteiger partial charge in [-0.1, -0.05) is 23.8 Å². The smallest absolute Gasteiger partial charge is 0.292 e. The Balaban J connectivity index is 1.78. The number of nitrogens with zero attached hydrogens (tertiary/aromatic N) is 2. The SMILES string of the molecule is Cc1ccc(NCc2ccc(N3CCCCC3)c([N+](=O)[O-])c2)c(C)c1. The average Bonchev–Trinajstić information content (AvgIpc) is 2.61. The molecule has 0 aliphatic carbocycles. The number of benzene rings is 2. The molecule has 2 aromatic carbocycles. The third-order valence-corrected chi connectivity index (χ3v) is 4.80. The van der Waals surface area contributed by atoms with Crippen molar-refractivity contribution in [3.8, 4) is 0 Å². The molecule has 0 bridgehead atoms. The van der Waals surface area contributed by atoms with Gasteiger partial charge in [0.05, 0.1) is 4.92 Å². The topological polar surface area (TPSA) is 58.4 Å². The van der Waals surface area contributed by atoms with E-state index in [1.54, 1.807) is 6.07 Å². The molecule has 0 aromatic heterocycles. The third kappa shape index (κ3) is 4.10. The minimum Gasteiger partial charge on any atom is -0.381 e. The van der Waals surface area contributed by atoms with E-state index < -0.39 is 0 Å². The molecule has 0 saturated carbocycles. The fourth-order valence-electron chi connectivity index (χ4n) is 3.44. The lowest BCUT2D eigenvalue weighted by Crippen LogP contribution is -2.30. The van der Waals surface area contributed by atoms with E-state index in [0.717, 1.165) is 42.9 Å². The summed E-state index contributed by atoms with van der Waals surface area (Å²) in [4.78, 5) is 13.4. The summed E-state index contributed by atoms with van der Waals surface area (Å²) in [7, 11) is 0. The van der Waals surface area contributed by atoms with Crippen molar-refractivity contribution >= 4 is 17.1 Å². The zero-order valence-electron chi connectivity index (χ0n) is 14.9. The highest BCUT2D eigenvalue weighted by molar-refractivity contribution is 5.65. The van der Waals surface area contributed by atoms with Gasteiger partial charge in [-0.3, -0.25) is 10.1 Å². The number of hydrogen-bond donors (Lipinski definition) is 1. The lowest BCUT2D eigenvalue weighted by Gasteiger charge is -2.28. The Labute approximate surface area is 148 Å². The van der Waals surface area contributed by atoms with Crippen molar-refractivity contribution < 1.29 is 4.92 Å². The molecule has 5 nitrogen and oxygen atoms in total. The van der Waals surface area contributed by atoms with Crippen molar-refractivity contribution in [1.29, 1.82) is 0 Å². The van der Waals surface area contributed by atoms with Crippen LogP contribution in [-0.2, 0) is 6.54 Å². The number of anilines is 2. The number of nitro benzene ring substituents is 1. The van der Waals surface area contributed by atoms with Gasteiger partial charge in [0.2, 0.25) is 0 Å². The van der Waals surface area contributed by atoms with Crippen LogP contribution in [0.3, 0.4) is 0 Å². The number of rotatable bonds is 5. The maximum atomic E-state index is 11.5. The molecule has 1 aliphatic heterocycles. The molecule has 0 spiro atoms. The number of nitrogens with one attached hydrogen (secondary N) is 1. The second-order valence-corrected chi connectivity index (χ2v) is 6.80. The molecule has 25 heavy (non-hydrogen) atoms. The second kappa shape index (κ2) is 7.55. The zero-order valence-corrected chi connectivity index (χ0v) is 14.9. The van der Waals surface area contributed by atoms with Gasteiger partial charge in [0.1, 0.15) is 5.69 Å². The van der Waals surface area contributed by atoms with Crippen LogP contribution in [0.1, 0.15) is 36.0 Å². The molecule has 1 heterocycles. The molecular formula is C20H25N3O2. The number of aryl methyl sites for hydroxylation is 2. The van der Waals surface area contributed by atoms with Crippen molar-refractivity contribution in [3.63, 3.8) is 0 Å². The molecule has 1 saturated heterocycles. The number of hydrogen-bond acceptors (Lipinski definition) is 4. The lowest BCUT2D eigenvalue weighted by molar-refractivity contribution is -0.384. The summed E-state index contributed by atoms with van der Waals surface area (Å²) in [5.74, 6) is 0. The van der Waals surface area contributed by atoms with E-state index in [4.69, 9.17) is 0 Å². The van der Waals surface area contributed by atoms with Gasteiger partial charge >= 0.3 is 0 Å². The summed E-state index contributed by atoms with van der Waals surface area (Å²) in [6.45, 7) is 6.52. The Morgan fingerprint density at radius 2 is 1.84 bits per heavy atom. The van der Waals surface area contributed by atoms with Crippen LogP contribution in [0.15, 0.2) is 36.4 Å². The van der Waals surface area contributed by atoms with E-state index >= 15 is 0 Å².